The molecule has 0 saturated heterocycles. The number of ether oxygens (including phenoxy) is 1. The third kappa shape index (κ3) is 3.53. The van der Waals surface area contributed by atoms with Gasteiger partial charge in [0.15, 0.2) is 0 Å². The van der Waals surface area contributed by atoms with Gasteiger partial charge in [-0.05, 0) is 36.8 Å². The molecule has 0 aromatic heterocycles. The van der Waals surface area contributed by atoms with Crippen LogP contribution in [0.15, 0.2) is 71.8 Å². The van der Waals surface area contributed by atoms with E-state index in [9.17, 15) is 4.79 Å². The molecule has 3 rings (SSSR count). The fourth-order valence-corrected chi connectivity index (χ4v) is 3.49. The van der Waals surface area contributed by atoms with Crippen molar-refractivity contribution in [3.05, 3.63) is 82.9 Å². The van der Waals surface area contributed by atoms with Gasteiger partial charge >= 0.3 is 5.97 Å². The maximum Gasteiger partial charge on any atom is 0.334 e. The highest BCUT2D eigenvalue weighted by Crippen LogP contribution is 2.39. The molecule has 0 radical (unpaired) electrons. The van der Waals surface area contributed by atoms with Gasteiger partial charge in [-0.25, -0.2) is 4.79 Å². The third-order valence-corrected chi connectivity index (χ3v) is 4.57. The molecule has 2 aromatic carbocycles. The maximum atomic E-state index is 12.5. The van der Waals surface area contributed by atoms with Gasteiger partial charge in [0.1, 0.15) is 0 Å². The maximum absolute atomic E-state index is 12.5. The van der Waals surface area contributed by atoms with Crippen LogP contribution in [0.25, 0.3) is 0 Å². The molecule has 2 nitrogen and oxygen atoms in total. The van der Waals surface area contributed by atoms with E-state index in [-0.39, 0.29) is 11.9 Å². The number of rotatable bonds is 4. The van der Waals surface area contributed by atoms with Crippen LogP contribution in [0.1, 0.15) is 36.3 Å². The fraction of sp³-hybridized carbons (Fsp3) is 0.286. The number of esters is 1. The second-order valence-corrected chi connectivity index (χ2v) is 6.03. The molecule has 2 aromatic rings. The van der Waals surface area contributed by atoms with Crippen LogP contribution in [0, 0.1) is 0 Å². The Hall–Kier alpha value is -2.35. The van der Waals surface area contributed by atoms with E-state index >= 15 is 0 Å². The highest BCUT2D eigenvalue weighted by molar-refractivity contribution is 5.91. The Morgan fingerprint density at radius 2 is 1.70 bits per heavy atom. The van der Waals surface area contributed by atoms with Gasteiger partial charge in [-0.15, -0.1) is 0 Å². The fourth-order valence-electron chi connectivity index (χ4n) is 3.49. The van der Waals surface area contributed by atoms with E-state index in [0.717, 1.165) is 31.3 Å². The first kappa shape index (κ1) is 15.5. The summed E-state index contributed by atoms with van der Waals surface area (Å²) in [4.78, 5) is 12.5. The van der Waals surface area contributed by atoms with Gasteiger partial charge in [0, 0.05) is 11.5 Å². The average molecular weight is 306 g/mol. The summed E-state index contributed by atoms with van der Waals surface area (Å²) in [6.45, 7) is 0. The molecule has 0 aliphatic heterocycles. The minimum atomic E-state index is -0.176. The molecule has 1 aliphatic carbocycles. The van der Waals surface area contributed by atoms with Crippen molar-refractivity contribution in [1.82, 2.24) is 0 Å². The van der Waals surface area contributed by atoms with Crippen LogP contribution in [0.5, 0.6) is 0 Å². The predicted molar refractivity (Wildman–Crippen MR) is 92.2 cm³/mol. The van der Waals surface area contributed by atoms with Crippen LogP contribution in [0.3, 0.4) is 0 Å². The van der Waals surface area contributed by atoms with Crippen LogP contribution < -0.4 is 0 Å². The Bertz CT molecular complexity index is 686. The van der Waals surface area contributed by atoms with Crippen molar-refractivity contribution in [1.29, 1.82) is 0 Å². The number of benzene rings is 2. The lowest BCUT2D eigenvalue weighted by Gasteiger charge is -2.28. The topological polar surface area (TPSA) is 26.3 Å². The molecule has 23 heavy (non-hydrogen) atoms. The zero-order valence-electron chi connectivity index (χ0n) is 13.5. The van der Waals surface area contributed by atoms with Crippen molar-refractivity contribution in [2.24, 2.45) is 0 Å². The van der Waals surface area contributed by atoms with E-state index in [0.29, 0.717) is 0 Å². The molecule has 2 heteroatoms. The molecule has 0 saturated carbocycles. The summed E-state index contributed by atoms with van der Waals surface area (Å²) < 4.78 is 5.11. The van der Waals surface area contributed by atoms with Gasteiger partial charge < -0.3 is 4.74 Å². The number of methoxy groups -OCH3 is 1. The van der Waals surface area contributed by atoms with Gasteiger partial charge in [-0.1, -0.05) is 66.2 Å². The summed E-state index contributed by atoms with van der Waals surface area (Å²) in [6.07, 6.45) is 3.92. The lowest BCUT2D eigenvalue weighted by molar-refractivity contribution is -0.136. The standard InChI is InChI=1S/C21H22O2/c1-23-21(22)20-18(15-16-9-4-2-5-10-16)13-8-14-19(20)17-11-6-3-7-12-17/h2-7,9-12,19H,8,13-15H2,1H3. The molecule has 0 amide bonds. The van der Waals surface area contributed by atoms with Crippen molar-refractivity contribution >= 4 is 5.97 Å². The highest BCUT2D eigenvalue weighted by Gasteiger charge is 2.29. The van der Waals surface area contributed by atoms with Crippen LogP contribution >= 0.6 is 0 Å². The molecule has 0 heterocycles. The minimum absolute atomic E-state index is 0.149. The van der Waals surface area contributed by atoms with Crippen LogP contribution in [-0.2, 0) is 16.0 Å². The summed E-state index contributed by atoms with van der Waals surface area (Å²) in [7, 11) is 1.48. The first-order chi connectivity index (χ1) is 11.3. The average Bonchev–Trinajstić information content (AvgIpc) is 2.62. The molecule has 0 spiro atoms. The van der Waals surface area contributed by atoms with E-state index in [1.54, 1.807) is 0 Å². The minimum Gasteiger partial charge on any atom is -0.466 e. The largest absolute Gasteiger partial charge is 0.466 e. The number of carbonyl (C=O) groups excluding carboxylic acids is 1. The highest BCUT2D eigenvalue weighted by atomic mass is 16.5. The predicted octanol–water partition coefficient (Wildman–Crippen LogP) is 4.67. The Kier molecular flexibility index (Phi) is 4.92. The van der Waals surface area contributed by atoms with Crippen molar-refractivity contribution in [3.8, 4) is 0 Å². The van der Waals surface area contributed by atoms with E-state index in [1.807, 2.05) is 36.4 Å². The number of carbonyl (C=O) groups is 1. The van der Waals surface area contributed by atoms with Gasteiger partial charge in [0.2, 0.25) is 0 Å². The normalized spacial score (nSPS) is 17.9. The quantitative estimate of drug-likeness (QED) is 0.768. The summed E-state index contributed by atoms with van der Waals surface area (Å²) >= 11 is 0. The van der Waals surface area contributed by atoms with E-state index in [2.05, 4.69) is 24.3 Å². The van der Waals surface area contributed by atoms with Gasteiger partial charge in [0.05, 0.1) is 7.11 Å². The first-order valence-corrected chi connectivity index (χ1v) is 8.18. The Balaban J connectivity index is 2.00. The van der Waals surface area contributed by atoms with Gasteiger partial charge in [-0.2, -0.15) is 0 Å². The Labute approximate surface area is 137 Å². The first-order valence-electron chi connectivity index (χ1n) is 8.18. The molecule has 0 bridgehead atoms. The second-order valence-electron chi connectivity index (χ2n) is 6.03. The van der Waals surface area contributed by atoms with Crippen molar-refractivity contribution < 1.29 is 9.53 Å². The molecule has 1 unspecified atom stereocenters. The Morgan fingerprint density at radius 1 is 1.04 bits per heavy atom. The van der Waals surface area contributed by atoms with Crippen molar-refractivity contribution in [3.63, 3.8) is 0 Å². The Morgan fingerprint density at radius 3 is 2.35 bits per heavy atom. The smallest absolute Gasteiger partial charge is 0.334 e. The van der Waals surface area contributed by atoms with Gasteiger partial charge in [-0.3, -0.25) is 0 Å². The molecular weight excluding hydrogens is 284 g/mol. The zero-order chi connectivity index (χ0) is 16.1. The van der Waals surface area contributed by atoms with E-state index in [1.165, 1.54) is 23.8 Å². The molecule has 118 valence electrons. The summed E-state index contributed by atoms with van der Waals surface area (Å²) in [5, 5.41) is 0. The number of allylic oxidation sites excluding steroid dienone is 1. The summed E-state index contributed by atoms with van der Waals surface area (Å²) in [5.41, 5.74) is 4.55. The SMILES string of the molecule is COC(=O)C1=C(Cc2ccccc2)CCCC1c1ccccc1. The van der Waals surface area contributed by atoms with Crippen LogP contribution in [-0.4, -0.2) is 13.1 Å². The van der Waals surface area contributed by atoms with Gasteiger partial charge in [0.25, 0.3) is 0 Å². The zero-order valence-corrected chi connectivity index (χ0v) is 13.5. The number of hydrogen-bond acceptors (Lipinski definition) is 2. The number of hydrogen-bond donors (Lipinski definition) is 0. The molecular formula is C21H22O2. The lowest BCUT2D eigenvalue weighted by Crippen LogP contribution is -2.20. The third-order valence-electron chi connectivity index (χ3n) is 4.57. The summed E-state index contributed by atoms with van der Waals surface area (Å²) in [5.74, 6) is -0.0272. The van der Waals surface area contributed by atoms with E-state index < -0.39 is 0 Å². The second kappa shape index (κ2) is 7.28. The molecule has 0 fully saturated rings. The van der Waals surface area contributed by atoms with Crippen molar-refractivity contribution in [2.75, 3.05) is 7.11 Å². The molecule has 1 atom stereocenters. The van der Waals surface area contributed by atoms with Crippen LogP contribution in [0.4, 0.5) is 0 Å². The lowest BCUT2D eigenvalue weighted by atomic mass is 9.77. The molecule has 1 aliphatic rings. The van der Waals surface area contributed by atoms with E-state index in [4.69, 9.17) is 4.74 Å². The molecule has 0 N–H and O–H groups in total. The van der Waals surface area contributed by atoms with Crippen molar-refractivity contribution in [2.45, 2.75) is 31.6 Å². The summed E-state index contributed by atoms with van der Waals surface area (Å²) in [6, 6.07) is 20.7. The monoisotopic (exact) mass is 306 g/mol. The van der Waals surface area contributed by atoms with Crippen LogP contribution in [0.2, 0.25) is 0 Å².